The summed E-state index contributed by atoms with van der Waals surface area (Å²) in [6.07, 6.45) is 9.35. The van der Waals surface area contributed by atoms with Crippen LogP contribution in [-0.2, 0) is 45.9 Å². The molecular formula is C65H80B2Br5NO7. The zero-order valence-electron chi connectivity index (χ0n) is 48.5. The lowest BCUT2D eigenvalue weighted by Crippen LogP contribution is -2.45. The molecule has 0 unspecified atom stereocenters. The standard InChI is InChI=1S/C34H45B2NO4.C19H29BrO3.C12H6Br4/c1-10-11-12-25-13-19-28(20-14-25)37(29-21-15-26(16-22-29)35-38-31(2,3)32(4,5)39-35)30-23-17-27(18-24-30)36-40-33(6,7)34(8,9)41-36;1-2-19(15-23-16-19)14-22-12-6-4-3-5-11-21-13-17-7-9-18(20)10-8-17;13-9-1-7(2-10(14)5-9)8-3-11(15)6-12(16)4-8/h13-24H,10-12H2,1-9H3;7-10H,2-6,11-16H2,1H3;1-6H. The molecule has 0 spiro atoms. The van der Waals surface area contributed by atoms with Gasteiger partial charge in [-0.3, -0.25) is 0 Å². The van der Waals surface area contributed by atoms with Crippen LogP contribution in [0.5, 0.6) is 0 Å². The summed E-state index contributed by atoms with van der Waals surface area (Å²) in [5.74, 6) is 0. The number of hydrogen-bond acceptors (Lipinski definition) is 8. The van der Waals surface area contributed by atoms with Gasteiger partial charge in [-0.05, 0) is 206 Å². The third-order valence-corrected chi connectivity index (χ3v) is 18.3. The maximum absolute atomic E-state index is 6.30. The summed E-state index contributed by atoms with van der Waals surface area (Å²) < 4.78 is 47.4. The Morgan fingerprint density at radius 2 is 0.838 bits per heavy atom. The number of rotatable bonds is 21. The van der Waals surface area contributed by atoms with E-state index in [1.54, 1.807) is 0 Å². The molecule has 8 nitrogen and oxygen atoms in total. The molecular weight excluding hydrogens is 1330 g/mol. The fraction of sp³-hybridized carbons (Fsp3) is 0.446. The van der Waals surface area contributed by atoms with Crippen molar-refractivity contribution < 1.29 is 32.8 Å². The molecule has 80 heavy (non-hydrogen) atoms. The fourth-order valence-corrected chi connectivity index (χ4v) is 12.1. The smallest absolute Gasteiger partial charge is 0.399 e. The molecule has 0 aliphatic carbocycles. The minimum atomic E-state index is -0.389. The lowest BCUT2D eigenvalue weighted by Gasteiger charge is -2.40. The van der Waals surface area contributed by atoms with Gasteiger partial charge in [0, 0.05) is 58.1 Å². The van der Waals surface area contributed by atoms with Gasteiger partial charge in [-0.25, -0.2) is 0 Å². The summed E-state index contributed by atoms with van der Waals surface area (Å²) in [5.41, 5.74) is 9.02. The van der Waals surface area contributed by atoms with E-state index in [0.29, 0.717) is 12.0 Å². The Morgan fingerprint density at radius 3 is 1.21 bits per heavy atom. The fourth-order valence-electron chi connectivity index (χ4n) is 9.20. The zero-order valence-corrected chi connectivity index (χ0v) is 56.4. The molecule has 0 atom stereocenters. The Labute approximate surface area is 521 Å². The highest BCUT2D eigenvalue weighted by molar-refractivity contribution is 9.11. The lowest BCUT2D eigenvalue weighted by molar-refractivity contribution is -0.150. The molecule has 428 valence electrons. The highest BCUT2D eigenvalue weighted by Gasteiger charge is 2.53. The molecule has 0 N–H and O–H groups in total. The van der Waals surface area contributed by atoms with Crippen LogP contribution in [0.1, 0.15) is 125 Å². The van der Waals surface area contributed by atoms with Gasteiger partial charge in [0.2, 0.25) is 0 Å². The van der Waals surface area contributed by atoms with Crippen LogP contribution in [0.15, 0.2) is 156 Å². The number of hydrogen-bond donors (Lipinski definition) is 0. The van der Waals surface area contributed by atoms with Crippen molar-refractivity contribution in [2.24, 2.45) is 5.41 Å². The van der Waals surface area contributed by atoms with E-state index in [9.17, 15) is 0 Å². The summed E-state index contributed by atoms with van der Waals surface area (Å²) in [6.45, 7) is 26.2. The highest BCUT2D eigenvalue weighted by atomic mass is 79.9. The Hall–Kier alpha value is -2.63. The summed E-state index contributed by atoms with van der Waals surface area (Å²) in [5, 5.41) is 0. The minimum absolute atomic E-state index is 0.320. The van der Waals surface area contributed by atoms with Crippen LogP contribution in [0.25, 0.3) is 11.1 Å². The quantitative estimate of drug-likeness (QED) is 0.0522. The molecule has 3 fully saturated rings. The monoisotopic (exact) mass is 1400 g/mol. The molecule has 0 bridgehead atoms. The van der Waals surface area contributed by atoms with Crippen LogP contribution in [0, 0.1) is 5.41 Å². The van der Waals surface area contributed by atoms with Gasteiger partial charge in [-0.2, -0.15) is 0 Å². The van der Waals surface area contributed by atoms with Crippen LogP contribution in [-0.4, -0.2) is 69.7 Å². The Balaban J connectivity index is 0.000000198. The number of anilines is 3. The number of aryl methyl sites for hydroxylation is 1. The third-order valence-electron chi connectivity index (χ3n) is 15.9. The Morgan fingerprint density at radius 1 is 0.450 bits per heavy atom. The normalized spacial score (nSPS) is 17.2. The van der Waals surface area contributed by atoms with Crippen LogP contribution in [0.4, 0.5) is 17.1 Å². The molecule has 0 radical (unpaired) electrons. The Kier molecular flexibility index (Phi) is 23.9. The SMILES string of the molecule is Brc1cc(Br)cc(-c2cc(Br)cc(Br)c2)c1.CCC1(COCCCCCCOCc2ccc(Br)cc2)COC1.CCCCc1ccc(N(c2ccc(B3OC(C)(C)C(C)(C)O3)cc2)c2ccc(B3OC(C)(C)C(C)(C)O3)cc2)cc1. The van der Waals surface area contributed by atoms with E-state index in [1.807, 2.05) is 12.1 Å². The molecule has 0 saturated carbocycles. The zero-order chi connectivity index (χ0) is 57.7. The summed E-state index contributed by atoms with van der Waals surface area (Å²) in [7, 11) is -0.779. The van der Waals surface area contributed by atoms with Crippen molar-refractivity contribution in [1.29, 1.82) is 0 Å². The van der Waals surface area contributed by atoms with E-state index in [0.717, 1.165) is 109 Å². The molecule has 9 rings (SSSR count). The van der Waals surface area contributed by atoms with E-state index in [-0.39, 0.29) is 36.6 Å². The average Bonchev–Trinajstić information content (AvgIpc) is 3.97. The van der Waals surface area contributed by atoms with Crippen molar-refractivity contribution in [2.75, 3.05) is 37.9 Å². The van der Waals surface area contributed by atoms with Crippen molar-refractivity contribution >= 4 is 122 Å². The maximum Gasteiger partial charge on any atom is 0.494 e. The average molecular weight is 1410 g/mol. The summed E-state index contributed by atoms with van der Waals surface area (Å²) >= 11 is 17.4. The van der Waals surface area contributed by atoms with Gasteiger partial charge in [-0.15, -0.1) is 0 Å². The van der Waals surface area contributed by atoms with Gasteiger partial charge in [0.15, 0.2) is 0 Å². The predicted molar refractivity (Wildman–Crippen MR) is 350 cm³/mol. The molecule has 15 heteroatoms. The van der Waals surface area contributed by atoms with E-state index >= 15 is 0 Å². The first kappa shape index (κ1) is 64.9. The molecule has 3 saturated heterocycles. The van der Waals surface area contributed by atoms with E-state index in [2.05, 4.69) is 275 Å². The van der Waals surface area contributed by atoms with Crippen molar-refractivity contribution in [3.05, 3.63) is 167 Å². The number of halogens is 5. The first-order chi connectivity index (χ1) is 38.0. The number of benzene rings is 6. The number of ether oxygens (including phenoxy) is 3. The molecule has 3 aliphatic heterocycles. The molecule has 6 aromatic rings. The largest absolute Gasteiger partial charge is 0.494 e. The second kappa shape index (κ2) is 29.5. The van der Waals surface area contributed by atoms with Crippen LogP contribution in [0.2, 0.25) is 0 Å². The predicted octanol–water partition coefficient (Wildman–Crippen LogP) is 18.5. The van der Waals surface area contributed by atoms with Gasteiger partial charge in [-0.1, -0.05) is 161 Å². The highest BCUT2D eigenvalue weighted by Crippen LogP contribution is 2.40. The van der Waals surface area contributed by atoms with Crippen LogP contribution < -0.4 is 15.8 Å². The van der Waals surface area contributed by atoms with Crippen molar-refractivity contribution in [1.82, 2.24) is 0 Å². The van der Waals surface area contributed by atoms with E-state index < -0.39 is 0 Å². The minimum Gasteiger partial charge on any atom is -0.399 e. The van der Waals surface area contributed by atoms with Gasteiger partial charge in [0.25, 0.3) is 0 Å². The third kappa shape index (κ3) is 18.0. The Bertz CT molecular complexity index is 2680. The summed E-state index contributed by atoms with van der Waals surface area (Å²) in [6, 6.07) is 46.7. The maximum atomic E-state index is 6.30. The van der Waals surface area contributed by atoms with Gasteiger partial charge < -0.3 is 37.7 Å². The molecule has 3 aliphatic rings. The van der Waals surface area contributed by atoms with Gasteiger partial charge in [0.05, 0.1) is 48.8 Å². The summed E-state index contributed by atoms with van der Waals surface area (Å²) in [4.78, 5) is 2.28. The molecule has 3 heterocycles. The number of nitrogens with zero attached hydrogens (tertiary/aromatic N) is 1. The van der Waals surface area contributed by atoms with E-state index in [1.165, 1.54) is 47.9 Å². The van der Waals surface area contributed by atoms with Crippen molar-refractivity contribution in [2.45, 2.75) is 150 Å². The molecule has 0 aromatic heterocycles. The molecule has 6 aromatic carbocycles. The first-order valence-electron chi connectivity index (χ1n) is 28.2. The lowest BCUT2D eigenvalue weighted by atomic mass is 9.79. The topological polar surface area (TPSA) is 67.9 Å². The van der Waals surface area contributed by atoms with Crippen molar-refractivity contribution in [3.63, 3.8) is 0 Å². The number of unbranched alkanes of at least 4 members (excludes halogenated alkanes) is 4. The molecule has 0 amide bonds. The van der Waals surface area contributed by atoms with E-state index in [4.69, 9.17) is 32.8 Å². The van der Waals surface area contributed by atoms with Crippen LogP contribution in [0.3, 0.4) is 0 Å². The van der Waals surface area contributed by atoms with Gasteiger partial charge in [0.1, 0.15) is 0 Å². The van der Waals surface area contributed by atoms with Crippen molar-refractivity contribution in [3.8, 4) is 11.1 Å². The van der Waals surface area contributed by atoms with Gasteiger partial charge >= 0.3 is 14.2 Å². The van der Waals surface area contributed by atoms with Crippen LogP contribution >= 0.6 is 79.6 Å². The second-order valence-corrected chi connectivity index (χ2v) is 27.9. The second-order valence-electron chi connectivity index (χ2n) is 23.3. The first-order valence-corrected chi connectivity index (χ1v) is 32.2.